The number of hydrogen-bond donors (Lipinski definition) is 0. The van der Waals surface area contributed by atoms with E-state index < -0.39 is 0 Å². The van der Waals surface area contributed by atoms with E-state index in [-0.39, 0.29) is 0 Å². The first-order valence-electron chi connectivity index (χ1n) is 14.2. The molecular formula is C32H58. The van der Waals surface area contributed by atoms with E-state index in [1.807, 2.05) is 0 Å². The third kappa shape index (κ3) is 18.8. The first kappa shape index (κ1) is 29.3. The molecule has 0 fully saturated rings. The summed E-state index contributed by atoms with van der Waals surface area (Å²) in [6.07, 6.45) is 25.0. The number of hydrogen-bond acceptors (Lipinski definition) is 0. The first-order valence-corrected chi connectivity index (χ1v) is 14.2. The van der Waals surface area contributed by atoms with Crippen LogP contribution in [0.3, 0.4) is 0 Å². The van der Waals surface area contributed by atoms with E-state index in [1.54, 1.807) is 0 Å². The van der Waals surface area contributed by atoms with E-state index in [0.29, 0.717) is 10.8 Å². The summed E-state index contributed by atoms with van der Waals surface area (Å²) in [6.45, 7) is 14.2. The second-order valence-corrected chi connectivity index (χ2v) is 12.9. The van der Waals surface area contributed by atoms with Crippen LogP contribution in [0.2, 0.25) is 0 Å². The fraction of sp³-hybridized carbons (Fsp3) is 0.812. The van der Waals surface area contributed by atoms with Crippen LogP contribution in [0, 0.1) is 10.8 Å². The van der Waals surface area contributed by atoms with Gasteiger partial charge < -0.3 is 0 Å². The Morgan fingerprint density at radius 1 is 0.375 bits per heavy atom. The molecule has 0 bridgehead atoms. The minimum atomic E-state index is 0.515. The Bertz CT molecular complexity index is 486. The lowest BCUT2D eigenvalue weighted by Gasteiger charge is -2.17. The van der Waals surface area contributed by atoms with Crippen molar-refractivity contribution in [1.29, 1.82) is 0 Å². The summed E-state index contributed by atoms with van der Waals surface area (Å²) in [5, 5.41) is 0. The Hall–Kier alpha value is -0.780. The molecule has 1 rings (SSSR count). The van der Waals surface area contributed by atoms with Crippen LogP contribution in [-0.4, -0.2) is 0 Å². The average molecular weight is 443 g/mol. The minimum absolute atomic E-state index is 0.515. The zero-order chi connectivity index (χ0) is 23.7. The van der Waals surface area contributed by atoms with Crippen molar-refractivity contribution in [2.24, 2.45) is 10.8 Å². The van der Waals surface area contributed by atoms with Crippen LogP contribution in [0.1, 0.15) is 155 Å². The molecule has 1 aromatic rings. The monoisotopic (exact) mass is 442 g/mol. The molecule has 0 aliphatic carbocycles. The van der Waals surface area contributed by atoms with Crippen LogP contribution >= 0.6 is 0 Å². The predicted molar refractivity (Wildman–Crippen MR) is 147 cm³/mol. The summed E-state index contributed by atoms with van der Waals surface area (Å²) >= 11 is 0. The second-order valence-electron chi connectivity index (χ2n) is 12.9. The molecule has 0 aromatic heterocycles. The topological polar surface area (TPSA) is 0 Å². The number of aryl methyl sites for hydroxylation is 2. The Morgan fingerprint density at radius 3 is 0.906 bits per heavy atom. The largest absolute Gasteiger partial charge is 0.0602 e. The Balaban J connectivity index is 1.95. The van der Waals surface area contributed by atoms with Crippen LogP contribution in [0.15, 0.2) is 24.3 Å². The van der Waals surface area contributed by atoms with Gasteiger partial charge in [-0.1, -0.05) is 143 Å². The second kappa shape index (κ2) is 16.8. The van der Waals surface area contributed by atoms with Crippen molar-refractivity contribution < 1.29 is 0 Å². The maximum Gasteiger partial charge on any atom is -0.0279 e. The highest BCUT2D eigenvalue weighted by molar-refractivity contribution is 5.22. The molecule has 0 saturated carbocycles. The van der Waals surface area contributed by atoms with E-state index >= 15 is 0 Å². The SMILES string of the molecule is CC(C)(C)CCCCCCCCCc1ccc(CCCCCCCCCC(C)(C)C)cc1. The Morgan fingerprint density at radius 2 is 0.625 bits per heavy atom. The van der Waals surface area contributed by atoms with Gasteiger partial charge in [-0.25, -0.2) is 0 Å². The van der Waals surface area contributed by atoms with Gasteiger partial charge in [-0.05, 0) is 60.5 Å². The molecule has 0 atom stereocenters. The number of rotatable bonds is 18. The summed E-state index contributed by atoms with van der Waals surface area (Å²) in [4.78, 5) is 0. The van der Waals surface area contributed by atoms with Crippen molar-refractivity contribution in [2.75, 3.05) is 0 Å². The van der Waals surface area contributed by atoms with Gasteiger partial charge >= 0.3 is 0 Å². The molecule has 0 spiro atoms. The lowest BCUT2D eigenvalue weighted by atomic mass is 9.89. The molecule has 32 heavy (non-hydrogen) atoms. The highest BCUT2D eigenvalue weighted by atomic mass is 14.1. The average Bonchev–Trinajstić information content (AvgIpc) is 2.70. The third-order valence-electron chi connectivity index (χ3n) is 6.81. The maximum atomic E-state index is 2.39. The molecule has 0 N–H and O–H groups in total. The zero-order valence-electron chi connectivity index (χ0n) is 23.0. The Labute approximate surface area is 203 Å². The van der Waals surface area contributed by atoms with Gasteiger partial charge in [-0.15, -0.1) is 0 Å². The van der Waals surface area contributed by atoms with Crippen LogP contribution in [0.4, 0.5) is 0 Å². The maximum absolute atomic E-state index is 2.39. The molecule has 0 saturated heterocycles. The lowest BCUT2D eigenvalue weighted by Crippen LogP contribution is -2.03. The minimum Gasteiger partial charge on any atom is -0.0602 e. The Kier molecular flexibility index (Phi) is 15.3. The van der Waals surface area contributed by atoms with E-state index in [9.17, 15) is 0 Å². The van der Waals surface area contributed by atoms with Crippen molar-refractivity contribution in [3.05, 3.63) is 35.4 Å². The van der Waals surface area contributed by atoms with Gasteiger partial charge in [0.15, 0.2) is 0 Å². The van der Waals surface area contributed by atoms with Crippen molar-refractivity contribution >= 4 is 0 Å². The van der Waals surface area contributed by atoms with Crippen molar-refractivity contribution in [1.82, 2.24) is 0 Å². The van der Waals surface area contributed by atoms with Crippen molar-refractivity contribution in [3.63, 3.8) is 0 Å². The highest BCUT2D eigenvalue weighted by Crippen LogP contribution is 2.23. The molecule has 1 aromatic carbocycles. The van der Waals surface area contributed by atoms with Gasteiger partial charge in [0.25, 0.3) is 0 Å². The first-order chi connectivity index (χ1) is 15.2. The van der Waals surface area contributed by atoms with Gasteiger partial charge in [0, 0.05) is 0 Å². The molecule has 0 amide bonds. The van der Waals surface area contributed by atoms with E-state index in [4.69, 9.17) is 0 Å². The summed E-state index contributed by atoms with van der Waals surface area (Å²) in [6, 6.07) is 9.54. The third-order valence-corrected chi connectivity index (χ3v) is 6.81. The van der Waals surface area contributed by atoms with Gasteiger partial charge in [-0.3, -0.25) is 0 Å². The van der Waals surface area contributed by atoms with Crippen LogP contribution < -0.4 is 0 Å². The molecular weight excluding hydrogens is 384 g/mol. The molecule has 0 heterocycles. The number of benzene rings is 1. The van der Waals surface area contributed by atoms with Crippen LogP contribution in [-0.2, 0) is 12.8 Å². The standard InChI is InChI=1S/C32H58/c1-31(2,3)27-19-15-11-7-9-13-17-21-29-23-25-30(26-24-29)22-18-14-10-8-12-16-20-28-32(4,5)6/h23-26H,7-22,27-28H2,1-6H3. The fourth-order valence-electron chi connectivity index (χ4n) is 4.61. The van der Waals surface area contributed by atoms with E-state index in [2.05, 4.69) is 65.8 Å². The predicted octanol–water partition coefficient (Wildman–Crippen LogP) is 11.1. The fourth-order valence-corrected chi connectivity index (χ4v) is 4.61. The van der Waals surface area contributed by atoms with Crippen molar-refractivity contribution in [2.45, 2.75) is 157 Å². The van der Waals surface area contributed by atoms with Gasteiger partial charge in [0.2, 0.25) is 0 Å². The van der Waals surface area contributed by atoms with Crippen LogP contribution in [0.5, 0.6) is 0 Å². The normalized spacial score (nSPS) is 12.4. The molecule has 0 aliphatic rings. The summed E-state index contributed by atoms with van der Waals surface area (Å²) in [7, 11) is 0. The molecule has 0 unspecified atom stereocenters. The highest BCUT2D eigenvalue weighted by Gasteiger charge is 2.09. The summed E-state index contributed by atoms with van der Waals surface area (Å²) in [5.74, 6) is 0. The quantitative estimate of drug-likeness (QED) is 0.198. The molecule has 0 heteroatoms. The molecule has 0 radical (unpaired) electrons. The van der Waals surface area contributed by atoms with E-state index in [1.165, 1.54) is 127 Å². The van der Waals surface area contributed by atoms with Gasteiger partial charge in [0.1, 0.15) is 0 Å². The van der Waals surface area contributed by atoms with Crippen LogP contribution in [0.25, 0.3) is 0 Å². The molecule has 0 nitrogen and oxygen atoms in total. The zero-order valence-corrected chi connectivity index (χ0v) is 23.0. The molecule has 186 valence electrons. The number of unbranched alkanes of at least 4 members (excludes halogenated alkanes) is 12. The van der Waals surface area contributed by atoms with E-state index in [0.717, 1.165) is 0 Å². The summed E-state index contributed by atoms with van der Waals surface area (Å²) in [5.41, 5.74) is 4.10. The molecule has 0 aliphatic heterocycles. The van der Waals surface area contributed by atoms with Crippen molar-refractivity contribution in [3.8, 4) is 0 Å². The smallest absolute Gasteiger partial charge is 0.0279 e. The van der Waals surface area contributed by atoms with Gasteiger partial charge in [0.05, 0.1) is 0 Å². The van der Waals surface area contributed by atoms with Gasteiger partial charge in [-0.2, -0.15) is 0 Å². The lowest BCUT2D eigenvalue weighted by molar-refractivity contribution is 0.356. The summed E-state index contributed by atoms with van der Waals surface area (Å²) < 4.78 is 0.